The highest BCUT2D eigenvalue weighted by molar-refractivity contribution is 5.96. The van der Waals surface area contributed by atoms with E-state index in [0.717, 1.165) is 19.5 Å². The molecule has 1 aliphatic heterocycles. The fourth-order valence-electron chi connectivity index (χ4n) is 4.12. The third kappa shape index (κ3) is 10.4. The average molecular weight is 466 g/mol. The molecule has 190 valence electrons. The quantitative estimate of drug-likeness (QED) is 0.365. The number of para-hydroxylation sites is 1. The van der Waals surface area contributed by atoms with Gasteiger partial charge in [-0.3, -0.25) is 4.79 Å². The fraction of sp³-hybridized carbons (Fsp3) is 0.731. The lowest BCUT2D eigenvalue weighted by atomic mass is 9.87. The number of amides is 1. The number of aliphatic hydroxyl groups is 1. The predicted molar refractivity (Wildman–Crippen MR) is 135 cm³/mol. The maximum absolute atomic E-state index is 12.9. The summed E-state index contributed by atoms with van der Waals surface area (Å²) in [5, 5.41) is 13.7. The number of aliphatic hydroxyl groups excluding tert-OH is 1. The van der Waals surface area contributed by atoms with E-state index in [2.05, 4.69) is 24.1 Å². The number of hydrogen-bond donors (Lipinski definition) is 3. The van der Waals surface area contributed by atoms with Crippen molar-refractivity contribution in [2.75, 3.05) is 46.5 Å². The summed E-state index contributed by atoms with van der Waals surface area (Å²) < 4.78 is 10.8. The molecule has 1 aromatic carbocycles. The molecule has 1 aromatic rings. The zero-order chi connectivity index (χ0) is 23.3. The maximum atomic E-state index is 12.9. The summed E-state index contributed by atoms with van der Waals surface area (Å²) in [6, 6.07) is 6.98. The van der Waals surface area contributed by atoms with Crippen LogP contribution in [0.3, 0.4) is 0 Å². The summed E-state index contributed by atoms with van der Waals surface area (Å²) >= 11 is 0. The summed E-state index contributed by atoms with van der Waals surface area (Å²) in [7, 11) is 1.66. The zero-order valence-corrected chi connectivity index (χ0v) is 20.1. The van der Waals surface area contributed by atoms with Crippen molar-refractivity contribution >= 4 is 5.91 Å². The second kappa shape index (κ2) is 16.0. The number of carbonyl (C=O) groups is 1. The number of nitrogens with one attached hydrogen (secondary N) is 1. The van der Waals surface area contributed by atoms with E-state index >= 15 is 0 Å². The number of carbonyl (C=O) groups excluding carboxylic acids is 1. The van der Waals surface area contributed by atoms with Crippen LogP contribution in [0.2, 0.25) is 0 Å². The minimum Gasteiger partial charge on any atom is -0.493 e. The molecule has 0 radical (unpaired) electrons. The second-order valence-corrected chi connectivity index (χ2v) is 9.23. The Bertz CT molecular complexity index is 665. The Kier molecular flexibility index (Phi) is 14.3. The Hall–Kier alpha value is -1.67. The van der Waals surface area contributed by atoms with Crippen molar-refractivity contribution in [1.29, 1.82) is 0 Å². The predicted octanol–water partition coefficient (Wildman–Crippen LogP) is 3.30. The number of rotatable bonds is 14. The normalized spacial score (nSPS) is 17.2. The van der Waals surface area contributed by atoms with E-state index in [0.29, 0.717) is 50.0 Å². The average Bonchev–Trinajstić information content (AvgIpc) is 2.79. The summed E-state index contributed by atoms with van der Waals surface area (Å²) in [6.45, 7) is 8.61. The molecular formula is C26H47N3O4. The van der Waals surface area contributed by atoms with Crippen molar-refractivity contribution in [2.45, 2.75) is 65.5 Å². The van der Waals surface area contributed by atoms with E-state index in [1.165, 1.54) is 19.3 Å². The molecule has 2 rings (SSSR count). The van der Waals surface area contributed by atoms with Crippen LogP contribution in [0.5, 0.6) is 5.75 Å². The van der Waals surface area contributed by atoms with Gasteiger partial charge in [0.25, 0.3) is 5.91 Å². The molecular weight excluding hydrogens is 418 g/mol. The molecule has 1 heterocycles. The lowest BCUT2D eigenvalue weighted by Gasteiger charge is -2.32. The Morgan fingerprint density at radius 1 is 1.18 bits per heavy atom. The van der Waals surface area contributed by atoms with E-state index in [1.807, 2.05) is 18.2 Å². The Balaban J connectivity index is 0.00000544. The third-order valence-corrected chi connectivity index (χ3v) is 6.31. The van der Waals surface area contributed by atoms with Crippen LogP contribution in [0.15, 0.2) is 24.3 Å². The third-order valence-electron chi connectivity index (χ3n) is 6.31. The van der Waals surface area contributed by atoms with E-state index in [1.54, 1.807) is 13.2 Å². The molecule has 0 aliphatic carbocycles. The number of piperidine rings is 1. The lowest BCUT2D eigenvalue weighted by Crippen LogP contribution is -2.47. The molecule has 4 N–H and O–H groups in total. The molecule has 0 spiro atoms. The van der Waals surface area contributed by atoms with Crippen LogP contribution in [0.4, 0.5) is 0 Å². The standard InChI is InChI=1S/C25H43N3O4.CH4/c1-19(2)20(16-22(26)23(29)18-28-12-7-4-8-13-28)17-27-25(30)21-10-5-6-11-24(21)32-15-9-14-31-3;/h5-6,10-11,19-20,22-23,29H,4,7-9,12-18,26H2,1-3H3,(H,27,30);1H4/t20-,22+,23+;/m1./s1. The van der Waals surface area contributed by atoms with Crippen LogP contribution in [-0.2, 0) is 4.74 Å². The fourth-order valence-corrected chi connectivity index (χ4v) is 4.12. The summed E-state index contributed by atoms with van der Waals surface area (Å²) in [6.07, 6.45) is 4.54. The van der Waals surface area contributed by atoms with Gasteiger partial charge >= 0.3 is 0 Å². The van der Waals surface area contributed by atoms with Gasteiger partial charge < -0.3 is 30.5 Å². The monoisotopic (exact) mass is 465 g/mol. The second-order valence-electron chi connectivity index (χ2n) is 9.23. The number of nitrogens with zero attached hydrogens (tertiary/aromatic N) is 1. The van der Waals surface area contributed by atoms with Crippen LogP contribution in [-0.4, -0.2) is 74.6 Å². The largest absolute Gasteiger partial charge is 0.493 e. The zero-order valence-electron chi connectivity index (χ0n) is 20.1. The summed E-state index contributed by atoms with van der Waals surface area (Å²) in [5.41, 5.74) is 6.90. The van der Waals surface area contributed by atoms with Gasteiger partial charge in [-0.15, -0.1) is 0 Å². The van der Waals surface area contributed by atoms with Gasteiger partial charge in [-0.1, -0.05) is 39.8 Å². The molecule has 0 unspecified atom stereocenters. The lowest BCUT2D eigenvalue weighted by molar-refractivity contribution is 0.0716. The van der Waals surface area contributed by atoms with Crippen molar-refractivity contribution in [3.63, 3.8) is 0 Å². The van der Waals surface area contributed by atoms with Crippen LogP contribution in [0.25, 0.3) is 0 Å². The van der Waals surface area contributed by atoms with E-state index in [-0.39, 0.29) is 25.3 Å². The minimum absolute atomic E-state index is 0. The van der Waals surface area contributed by atoms with Crippen LogP contribution >= 0.6 is 0 Å². The van der Waals surface area contributed by atoms with Gasteiger partial charge in [0.1, 0.15) is 5.75 Å². The summed E-state index contributed by atoms with van der Waals surface area (Å²) in [4.78, 5) is 15.2. The molecule has 3 atom stereocenters. The Morgan fingerprint density at radius 2 is 1.88 bits per heavy atom. The van der Waals surface area contributed by atoms with Gasteiger partial charge in [0.2, 0.25) is 0 Å². The van der Waals surface area contributed by atoms with E-state index in [9.17, 15) is 9.90 Å². The Labute approximate surface area is 201 Å². The molecule has 0 aromatic heterocycles. The highest BCUT2D eigenvalue weighted by atomic mass is 16.5. The van der Waals surface area contributed by atoms with Crippen molar-refractivity contribution in [3.05, 3.63) is 29.8 Å². The van der Waals surface area contributed by atoms with Gasteiger partial charge in [0.05, 0.1) is 18.3 Å². The van der Waals surface area contributed by atoms with E-state index in [4.69, 9.17) is 15.2 Å². The molecule has 7 nitrogen and oxygen atoms in total. The SMILES string of the molecule is C.COCCCOc1ccccc1C(=O)NC[C@@H](C[C@H](N)[C@@H](O)CN1CCCCC1)C(C)C. The molecule has 0 saturated carbocycles. The first-order valence-corrected chi connectivity index (χ1v) is 12.1. The molecule has 7 heteroatoms. The smallest absolute Gasteiger partial charge is 0.255 e. The van der Waals surface area contributed by atoms with Crippen molar-refractivity contribution in [1.82, 2.24) is 10.2 Å². The number of benzene rings is 1. The number of β-amino-alcohol motifs (C(OH)–C–C–N with tert-alkyl or cyclic N) is 1. The molecule has 0 bridgehead atoms. The van der Waals surface area contributed by atoms with Crippen LogP contribution < -0.4 is 15.8 Å². The van der Waals surface area contributed by atoms with E-state index < -0.39 is 6.10 Å². The molecule has 1 saturated heterocycles. The van der Waals surface area contributed by atoms with Crippen LogP contribution in [0.1, 0.15) is 63.7 Å². The summed E-state index contributed by atoms with van der Waals surface area (Å²) in [5.74, 6) is 0.945. The van der Waals surface area contributed by atoms with Gasteiger partial charge in [0, 0.05) is 39.3 Å². The van der Waals surface area contributed by atoms with Gasteiger partial charge in [-0.25, -0.2) is 0 Å². The minimum atomic E-state index is -0.550. The van der Waals surface area contributed by atoms with Crippen LogP contribution in [0, 0.1) is 11.8 Å². The highest BCUT2D eigenvalue weighted by Crippen LogP contribution is 2.21. The van der Waals surface area contributed by atoms with Gasteiger partial charge in [-0.2, -0.15) is 0 Å². The number of ether oxygens (including phenoxy) is 2. The highest BCUT2D eigenvalue weighted by Gasteiger charge is 2.25. The molecule has 1 fully saturated rings. The van der Waals surface area contributed by atoms with Gasteiger partial charge in [-0.05, 0) is 56.3 Å². The van der Waals surface area contributed by atoms with Crippen molar-refractivity contribution in [3.8, 4) is 5.75 Å². The number of likely N-dealkylation sites (tertiary alicyclic amines) is 1. The van der Waals surface area contributed by atoms with Crippen molar-refractivity contribution in [2.24, 2.45) is 17.6 Å². The first-order chi connectivity index (χ1) is 15.4. The topological polar surface area (TPSA) is 97.0 Å². The molecule has 33 heavy (non-hydrogen) atoms. The van der Waals surface area contributed by atoms with Crippen molar-refractivity contribution < 1.29 is 19.4 Å². The Morgan fingerprint density at radius 3 is 2.55 bits per heavy atom. The number of nitrogens with two attached hydrogens (primary N) is 1. The molecule has 1 aliphatic rings. The first kappa shape index (κ1) is 29.4. The number of hydrogen-bond acceptors (Lipinski definition) is 6. The molecule has 1 amide bonds. The maximum Gasteiger partial charge on any atom is 0.255 e. The van der Waals surface area contributed by atoms with Gasteiger partial charge in [0.15, 0.2) is 0 Å². The number of methoxy groups -OCH3 is 1. The first-order valence-electron chi connectivity index (χ1n) is 12.1.